The maximum Gasteiger partial charge on any atom is 0.192 e. The van der Waals surface area contributed by atoms with E-state index in [1.54, 1.807) is 73.8 Å². The minimum atomic E-state index is -3.64. The van der Waals surface area contributed by atoms with E-state index in [9.17, 15) is 16.8 Å². The Morgan fingerprint density at radius 2 is 0.957 bits per heavy atom. The van der Waals surface area contributed by atoms with Crippen LogP contribution in [0.15, 0.2) is 82.8 Å². The third-order valence-corrected chi connectivity index (χ3v) is 16.3. The fourth-order valence-corrected chi connectivity index (χ4v) is 10.9. The van der Waals surface area contributed by atoms with E-state index < -0.39 is 31.8 Å². The van der Waals surface area contributed by atoms with Crippen LogP contribution in [0, 0.1) is 13.8 Å². The molecule has 372 valence electrons. The molecule has 0 radical (unpaired) electrons. The molecule has 0 saturated carbocycles. The van der Waals surface area contributed by atoms with Crippen LogP contribution in [-0.4, -0.2) is 153 Å². The van der Waals surface area contributed by atoms with Crippen LogP contribution in [0.25, 0.3) is 22.8 Å². The number of rotatable bonds is 16. The number of benzene rings is 2. The number of piperazine rings is 2. The number of halogens is 4. The summed E-state index contributed by atoms with van der Waals surface area (Å²) in [4.78, 5) is 33.5. The predicted octanol–water partition coefficient (Wildman–Crippen LogP) is 6.91. The lowest BCUT2D eigenvalue weighted by molar-refractivity contribution is -0.131. The lowest BCUT2D eigenvalue weighted by Crippen LogP contribution is -2.61. The summed E-state index contributed by atoms with van der Waals surface area (Å²) in [7, 11) is -4.14. The maximum atomic E-state index is 16.0. The third-order valence-electron chi connectivity index (χ3n) is 12.8. The van der Waals surface area contributed by atoms with Gasteiger partial charge in [-0.3, -0.25) is 24.0 Å². The van der Waals surface area contributed by atoms with Gasteiger partial charge in [-0.05, 0) is 62.4 Å². The summed E-state index contributed by atoms with van der Waals surface area (Å²) in [6, 6.07) is 19.1. The third kappa shape index (κ3) is 10.9. The highest BCUT2D eigenvalue weighted by molar-refractivity contribution is 7.90. The molecule has 2 fully saturated rings. The first-order valence-electron chi connectivity index (χ1n) is 22.2. The second kappa shape index (κ2) is 21.0. The Labute approximate surface area is 427 Å². The maximum absolute atomic E-state index is 16.0. The van der Waals surface area contributed by atoms with Gasteiger partial charge in [0, 0.05) is 88.4 Å². The Bertz CT molecular complexity index is 2950. The van der Waals surface area contributed by atoms with Gasteiger partial charge >= 0.3 is 0 Å². The smallest absolute Gasteiger partial charge is 0.192 e. The van der Waals surface area contributed by atoms with Crippen molar-refractivity contribution in [3.63, 3.8) is 0 Å². The van der Waals surface area contributed by atoms with E-state index in [1.807, 2.05) is 24.3 Å². The Balaban J connectivity index is 1.18. The quantitative estimate of drug-likeness (QED) is 0.0976. The fraction of sp³-hybridized carbons (Fsp3) is 0.383. The average molecular weight is 1070 g/mol. The topological polar surface area (TPSA) is 178 Å². The van der Waals surface area contributed by atoms with E-state index in [0.29, 0.717) is 85.3 Å². The number of carbonyl (C=O) groups excluding carboxylic acids is 1. The largest absolute Gasteiger partial charge is 0.495 e. The van der Waals surface area contributed by atoms with E-state index in [1.165, 1.54) is 12.1 Å². The zero-order chi connectivity index (χ0) is 50.2. The first-order chi connectivity index (χ1) is 33.2. The number of ketones is 1. The van der Waals surface area contributed by atoms with Crippen molar-refractivity contribution in [2.75, 3.05) is 88.9 Å². The number of methoxy groups -OCH3 is 2. The molecular weight excluding hydrogens is 1020 g/mol. The Morgan fingerprint density at radius 1 is 0.586 bits per heavy atom. The minimum Gasteiger partial charge on any atom is -0.495 e. The number of hydrogen-bond acceptors (Lipinski definition) is 15. The zero-order valence-electron chi connectivity index (χ0n) is 39.3. The monoisotopic (exact) mass is 1070 g/mol. The molecule has 0 spiro atoms. The molecule has 0 aliphatic carbocycles. The molecule has 23 heteroatoms. The lowest BCUT2D eigenvalue weighted by Gasteiger charge is -2.43. The summed E-state index contributed by atoms with van der Waals surface area (Å²) < 4.78 is 64.5. The summed E-state index contributed by atoms with van der Waals surface area (Å²) in [5.41, 5.74) is 4.12. The van der Waals surface area contributed by atoms with E-state index in [0.717, 1.165) is 23.9 Å². The number of pyridine rings is 2. The minimum absolute atomic E-state index is 0.0955. The molecule has 2 saturated heterocycles. The predicted molar refractivity (Wildman–Crippen MR) is 273 cm³/mol. The van der Waals surface area contributed by atoms with Gasteiger partial charge in [-0.1, -0.05) is 58.5 Å². The van der Waals surface area contributed by atoms with Crippen molar-refractivity contribution in [3.8, 4) is 34.3 Å². The van der Waals surface area contributed by atoms with Crippen LogP contribution in [0.3, 0.4) is 0 Å². The number of carbonyl (C=O) groups is 1. The van der Waals surface area contributed by atoms with Crippen molar-refractivity contribution in [2.45, 2.75) is 49.1 Å². The molecule has 6 heterocycles. The molecule has 2 unspecified atom stereocenters. The van der Waals surface area contributed by atoms with Gasteiger partial charge < -0.3 is 19.3 Å². The number of sulfone groups is 2. The number of hydrogen-bond donors (Lipinski definition) is 0. The summed E-state index contributed by atoms with van der Waals surface area (Å²) >= 11 is 26.8. The van der Waals surface area contributed by atoms with Crippen LogP contribution in [-0.2, 0) is 37.6 Å². The summed E-state index contributed by atoms with van der Waals surface area (Å²) in [5.74, 6) is 1.02. The fourth-order valence-electron chi connectivity index (χ4n) is 8.83. The van der Waals surface area contributed by atoms with Crippen molar-refractivity contribution in [1.82, 2.24) is 39.3 Å². The van der Waals surface area contributed by atoms with Crippen molar-refractivity contribution < 1.29 is 31.1 Å². The van der Waals surface area contributed by atoms with Gasteiger partial charge in [-0.25, -0.2) is 26.8 Å². The Hall–Kier alpha value is -4.99. The Morgan fingerprint density at radius 3 is 1.30 bits per heavy atom. The van der Waals surface area contributed by atoms with Crippen LogP contribution in [0.2, 0.25) is 20.1 Å². The highest BCUT2D eigenvalue weighted by Crippen LogP contribution is 2.35. The average Bonchev–Trinajstić information content (AvgIpc) is 3.80. The highest BCUT2D eigenvalue weighted by atomic mass is 35.5. The van der Waals surface area contributed by atoms with Crippen molar-refractivity contribution in [2.24, 2.45) is 0 Å². The summed E-state index contributed by atoms with van der Waals surface area (Å²) in [5, 5.41) is 11.1. The van der Waals surface area contributed by atoms with E-state index in [4.69, 9.17) is 66.1 Å². The molecule has 8 rings (SSSR count). The second-order valence-electron chi connectivity index (χ2n) is 17.2. The lowest BCUT2D eigenvalue weighted by atomic mass is 9.99. The van der Waals surface area contributed by atoms with Crippen LogP contribution in [0.4, 0.5) is 11.4 Å². The number of ether oxygens (including phenoxy) is 2. The van der Waals surface area contributed by atoms with Gasteiger partial charge in [0.05, 0.1) is 82.3 Å². The van der Waals surface area contributed by atoms with Crippen LogP contribution < -0.4 is 19.3 Å². The van der Waals surface area contributed by atoms with Gasteiger partial charge in [0.25, 0.3) is 0 Å². The zero-order valence-corrected chi connectivity index (χ0v) is 44.0. The molecule has 0 bridgehead atoms. The Kier molecular flexibility index (Phi) is 15.4. The molecule has 0 amide bonds. The second-order valence-corrected chi connectivity index (χ2v) is 22.7. The van der Waals surface area contributed by atoms with E-state index in [2.05, 4.69) is 29.6 Å². The number of anilines is 2. The van der Waals surface area contributed by atoms with Gasteiger partial charge in [0.2, 0.25) is 0 Å². The first kappa shape index (κ1) is 51.4. The molecule has 2 aromatic carbocycles. The summed E-state index contributed by atoms with van der Waals surface area (Å²) in [6.07, 6.45) is 2.17. The van der Waals surface area contributed by atoms with Crippen LogP contribution in [0.1, 0.15) is 11.4 Å². The molecule has 17 nitrogen and oxygen atoms in total. The number of nitrogens with zero attached hydrogens (tertiary/aromatic N) is 10. The van der Waals surface area contributed by atoms with Crippen LogP contribution >= 0.6 is 46.4 Å². The van der Waals surface area contributed by atoms with Crippen molar-refractivity contribution in [1.29, 1.82) is 0 Å². The molecule has 6 aromatic rings. The molecule has 0 N–H and O–H groups in total. The molecule has 2 atom stereocenters. The number of aromatic nitrogens is 6. The molecule has 2 aliphatic rings. The summed E-state index contributed by atoms with van der Waals surface area (Å²) in [6.45, 7) is 8.09. The van der Waals surface area contributed by atoms with Gasteiger partial charge in [0.15, 0.2) is 35.5 Å². The van der Waals surface area contributed by atoms with E-state index in [-0.39, 0.29) is 61.7 Å². The molecular formula is C47H52Cl4N10O7S2. The van der Waals surface area contributed by atoms with Crippen LogP contribution in [0.5, 0.6) is 11.5 Å². The SMILES string of the molecule is COc1cc(N2CCN(C(Cn3nc(-c4cccc(S(C)(=O)=O)n4)c(Cl)c3C)C(=O)C(Cn3nc(-c4cccc(S(C)(=O)=O)n4)c(Cl)c3C)N3CCN(c4ccc(Cl)c(OC)c4)CC3)CC2)ccc1Cl. The van der Waals surface area contributed by atoms with Crippen molar-refractivity contribution in [3.05, 3.63) is 104 Å². The normalized spacial score (nSPS) is 16.1. The van der Waals surface area contributed by atoms with E-state index >= 15 is 4.79 Å². The standard InChI is InChI=1S/C47H52Cl4N10O7S2/c1-29-43(50)45(35-9-7-11-41(52-35)69(5,63)64)54-60(29)27-37(58-21-17-56(18-22-58)31-13-15-33(48)39(25-31)67-3)47(62)38(59-23-19-57(20-24-59)32-14-16-34(49)40(26-32)68-4)28-61-30(2)44(51)46(55-61)36-10-8-12-42(53-36)70(6,65)66/h7-16,25-26,37-38H,17-24,27-28H2,1-6H3. The molecule has 2 aliphatic heterocycles. The van der Waals surface area contributed by atoms with Gasteiger partial charge in [-0.15, -0.1) is 0 Å². The molecule has 70 heavy (non-hydrogen) atoms. The highest BCUT2D eigenvalue weighted by Gasteiger charge is 2.39. The van der Waals surface area contributed by atoms with Gasteiger partial charge in [-0.2, -0.15) is 10.2 Å². The first-order valence-corrected chi connectivity index (χ1v) is 27.5. The molecule has 4 aromatic heterocycles. The van der Waals surface area contributed by atoms with Crippen molar-refractivity contribution >= 4 is 83.2 Å². The van der Waals surface area contributed by atoms with Gasteiger partial charge in [0.1, 0.15) is 22.9 Å². The number of Topliss-reactive ketones (excluding diaryl/α,β-unsaturated/α-hetero) is 1.